The van der Waals surface area contributed by atoms with E-state index in [0.717, 1.165) is 17.8 Å². The number of hydrogen-bond acceptors (Lipinski definition) is 4. The second-order valence-corrected chi connectivity index (χ2v) is 5.60. The fourth-order valence-corrected chi connectivity index (χ4v) is 2.80. The molecule has 0 unspecified atom stereocenters. The Hall–Kier alpha value is -2.05. The lowest BCUT2D eigenvalue weighted by atomic mass is 10.0. The van der Waals surface area contributed by atoms with Crippen LogP contribution in [0.15, 0.2) is 35.1 Å². The highest BCUT2D eigenvalue weighted by molar-refractivity contribution is 5.22. The maximum absolute atomic E-state index is 13.7. The predicted octanol–water partition coefficient (Wildman–Crippen LogP) is 1.01. The lowest BCUT2D eigenvalue weighted by Gasteiger charge is -2.29. The number of aryl methyl sites for hydroxylation is 1. The molecule has 0 aliphatic carbocycles. The minimum Gasteiger partial charge on any atom is -0.387 e. The Morgan fingerprint density at radius 1 is 1.41 bits per heavy atom. The molecular weight excluding hydrogens is 285 g/mol. The molecular formula is C16H18FN3O2. The maximum Gasteiger partial charge on any atom is 0.266 e. The van der Waals surface area contributed by atoms with E-state index in [4.69, 9.17) is 0 Å². The maximum atomic E-state index is 13.7. The molecule has 2 aromatic rings. The number of fused-ring (bicyclic) bond motifs is 1. The van der Waals surface area contributed by atoms with Gasteiger partial charge < -0.3 is 5.11 Å². The van der Waals surface area contributed by atoms with Gasteiger partial charge in [0.1, 0.15) is 5.82 Å². The van der Waals surface area contributed by atoms with E-state index in [2.05, 4.69) is 5.10 Å². The van der Waals surface area contributed by atoms with Gasteiger partial charge in [0.25, 0.3) is 5.56 Å². The molecule has 0 saturated heterocycles. The standard InChI is InChI=1S/C16H18FN3O2/c1-19-16(22)8-11-9-20(7-6-14(11)18-19)10-15(21)12-4-2-3-5-13(12)17/h2-5,8,15,21H,6-7,9-10H2,1H3/t15-/m0/s1. The molecule has 1 aliphatic heterocycles. The van der Waals surface area contributed by atoms with Crippen molar-refractivity contribution in [2.75, 3.05) is 13.1 Å². The van der Waals surface area contributed by atoms with Crippen LogP contribution in [0.1, 0.15) is 22.9 Å². The molecule has 1 aromatic heterocycles. The van der Waals surface area contributed by atoms with E-state index in [-0.39, 0.29) is 5.56 Å². The number of hydrogen-bond donors (Lipinski definition) is 1. The summed E-state index contributed by atoms with van der Waals surface area (Å²) in [4.78, 5) is 13.7. The van der Waals surface area contributed by atoms with Crippen molar-refractivity contribution in [3.63, 3.8) is 0 Å². The zero-order valence-corrected chi connectivity index (χ0v) is 12.4. The van der Waals surface area contributed by atoms with Gasteiger partial charge in [-0.2, -0.15) is 5.10 Å². The van der Waals surface area contributed by atoms with E-state index in [1.165, 1.54) is 10.7 Å². The van der Waals surface area contributed by atoms with E-state index in [0.29, 0.717) is 25.1 Å². The summed E-state index contributed by atoms with van der Waals surface area (Å²) in [6, 6.07) is 7.84. The van der Waals surface area contributed by atoms with Gasteiger partial charge in [-0.15, -0.1) is 0 Å². The van der Waals surface area contributed by atoms with Gasteiger partial charge in [0.2, 0.25) is 0 Å². The minimum absolute atomic E-state index is 0.143. The third kappa shape index (κ3) is 2.93. The molecule has 5 nitrogen and oxygen atoms in total. The summed E-state index contributed by atoms with van der Waals surface area (Å²) in [5.41, 5.74) is 1.96. The number of aromatic nitrogens is 2. The van der Waals surface area contributed by atoms with E-state index < -0.39 is 11.9 Å². The molecule has 116 valence electrons. The highest BCUT2D eigenvalue weighted by Crippen LogP contribution is 2.21. The molecule has 22 heavy (non-hydrogen) atoms. The van der Waals surface area contributed by atoms with Gasteiger partial charge in [-0.25, -0.2) is 9.07 Å². The van der Waals surface area contributed by atoms with Crippen LogP contribution in [-0.4, -0.2) is 32.9 Å². The van der Waals surface area contributed by atoms with Gasteiger partial charge in [0.05, 0.1) is 11.8 Å². The number of halogens is 1. The fraction of sp³-hybridized carbons (Fsp3) is 0.375. The molecule has 0 bridgehead atoms. The number of aliphatic hydroxyl groups is 1. The third-order valence-corrected chi connectivity index (χ3v) is 4.01. The van der Waals surface area contributed by atoms with Crippen molar-refractivity contribution in [1.29, 1.82) is 0 Å². The molecule has 0 amide bonds. The summed E-state index contributed by atoms with van der Waals surface area (Å²) in [7, 11) is 1.64. The van der Waals surface area contributed by atoms with Gasteiger partial charge >= 0.3 is 0 Å². The number of rotatable bonds is 3. The molecule has 1 aliphatic rings. The highest BCUT2D eigenvalue weighted by Gasteiger charge is 2.22. The summed E-state index contributed by atoms with van der Waals surface area (Å²) >= 11 is 0. The zero-order chi connectivity index (χ0) is 15.7. The SMILES string of the molecule is Cn1nc2c(cc1=O)CN(C[C@H](O)c1ccccc1F)CC2. The molecule has 1 N–H and O–H groups in total. The van der Waals surface area contributed by atoms with Gasteiger partial charge in [-0.3, -0.25) is 9.69 Å². The second-order valence-electron chi connectivity index (χ2n) is 5.60. The first-order chi connectivity index (χ1) is 10.5. The monoisotopic (exact) mass is 303 g/mol. The summed E-state index contributed by atoms with van der Waals surface area (Å²) in [5, 5.41) is 14.5. The van der Waals surface area contributed by atoms with E-state index in [1.807, 2.05) is 4.90 Å². The lowest BCUT2D eigenvalue weighted by molar-refractivity contribution is 0.102. The molecule has 0 fully saturated rings. The number of benzene rings is 1. The third-order valence-electron chi connectivity index (χ3n) is 4.01. The van der Waals surface area contributed by atoms with Gasteiger partial charge in [-0.1, -0.05) is 18.2 Å². The number of aliphatic hydroxyl groups excluding tert-OH is 1. The Bertz CT molecular complexity index is 744. The summed E-state index contributed by atoms with van der Waals surface area (Å²) in [6.45, 7) is 1.60. The Morgan fingerprint density at radius 3 is 2.95 bits per heavy atom. The minimum atomic E-state index is -0.887. The van der Waals surface area contributed by atoms with Crippen molar-refractivity contribution in [3.8, 4) is 0 Å². The largest absolute Gasteiger partial charge is 0.387 e. The topological polar surface area (TPSA) is 58.4 Å². The normalized spacial score (nSPS) is 16.3. The molecule has 0 radical (unpaired) electrons. The molecule has 3 rings (SSSR count). The Labute approximate surface area is 127 Å². The predicted molar refractivity (Wildman–Crippen MR) is 79.8 cm³/mol. The first-order valence-electron chi connectivity index (χ1n) is 7.25. The van der Waals surface area contributed by atoms with Crippen molar-refractivity contribution >= 4 is 0 Å². The van der Waals surface area contributed by atoms with Crippen molar-refractivity contribution in [2.24, 2.45) is 7.05 Å². The first-order valence-corrected chi connectivity index (χ1v) is 7.25. The molecule has 6 heteroatoms. The van der Waals surface area contributed by atoms with E-state index in [1.54, 1.807) is 31.3 Å². The van der Waals surface area contributed by atoms with Gasteiger partial charge in [0.15, 0.2) is 0 Å². The van der Waals surface area contributed by atoms with Crippen LogP contribution >= 0.6 is 0 Å². The summed E-state index contributed by atoms with van der Waals surface area (Å²) in [6.07, 6.45) is -0.171. The molecule has 0 spiro atoms. The first kappa shape index (κ1) is 14.9. The van der Waals surface area contributed by atoms with Gasteiger partial charge in [0, 0.05) is 44.7 Å². The van der Waals surface area contributed by atoms with Crippen LogP contribution in [0.2, 0.25) is 0 Å². The van der Waals surface area contributed by atoms with Crippen LogP contribution < -0.4 is 5.56 Å². The fourth-order valence-electron chi connectivity index (χ4n) is 2.80. The highest BCUT2D eigenvalue weighted by atomic mass is 19.1. The Balaban J connectivity index is 1.74. The van der Waals surface area contributed by atoms with Crippen molar-refractivity contribution in [3.05, 3.63) is 63.3 Å². The molecule has 0 saturated carbocycles. The molecule has 1 atom stereocenters. The van der Waals surface area contributed by atoms with Crippen LogP contribution in [0, 0.1) is 5.82 Å². The second kappa shape index (κ2) is 5.98. The summed E-state index contributed by atoms with van der Waals surface area (Å²) in [5.74, 6) is -0.400. The van der Waals surface area contributed by atoms with E-state index in [9.17, 15) is 14.3 Å². The van der Waals surface area contributed by atoms with E-state index >= 15 is 0 Å². The average molecular weight is 303 g/mol. The molecule has 1 aromatic carbocycles. The van der Waals surface area contributed by atoms with Gasteiger partial charge in [-0.05, 0) is 11.6 Å². The average Bonchev–Trinajstić information content (AvgIpc) is 2.49. The lowest BCUT2D eigenvalue weighted by Crippen LogP contribution is -2.36. The van der Waals surface area contributed by atoms with Crippen molar-refractivity contribution in [2.45, 2.75) is 19.1 Å². The quantitative estimate of drug-likeness (QED) is 0.919. The Kier molecular flexibility index (Phi) is 4.04. The van der Waals surface area contributed by atoms with Crippen LogP contribution in [0.4, 0.5) is 4.39 Å². The Morgan fingerprint density at radius 2 is 2.18 bits per heavy atom. The van der Waals surface area contributed by atoms with Crippen LogP contribution in [-0.2, 0) is 20.0 Å². The van der Waals surface area contributed by atoms with Crippen LogP contribution in [0.3, 0.4) is 0 Å². The zero-order valence-electron chi connectivity index (χ0n) is 12.4. The van der Waals surface area contributed by atoms with Crippen LogP contribution in [0.25, 0.3) is 0 Å². The van der Waals surface area contributed by atoms with Crippen molar-refractivity contribution < 1.29 is 9.50 Å². The smallest absolute Gasteiger partial charge is 0.266 e. The number of nitrogens with zero attached hydrogens (tertiary/aromatic N) is 3. The van der Waals surface area contributed by atoms with Crippen molar-refractivity contribution in [1.82, 2.24) is 14.7 Å². The summed E-state index contributed by atoms with van der Waals surface area (Å²) < 4.78 is 15.0. The molecule has 2 heterocycles. The van der Waals surface area contributed by atoms with Crippen LogP contribution in [0.5, 0.6) is 0 Å². The number of β-amino-alcohol motifs (C(OH)–C–C–N with tert-alkyl or cyclic N) is 1.